The third kappa shape index (κ3) is 5.78. The number of benzene rings is 1. The number of unbranched alkanes of at least 4 members (excludes halogenated alkanes) is 2. The number of rotatable bonds is 9. The first-order valence-corrected chi connectivity index (χ1v) is 7.90. The standard InChI is InChI=1S/C18H29NO2/c1-5-6-7-13-18(2,3)15-8-10-16(11-9-15)19(4)14-12-17(20)21/h8-11H,5-7,12-14H2,1-4H3,(H,20,21). The number of aliphatic carboxylic acids is 1. The predicted molar refractivity (Wildman–Crippen MR) is 89.1 cm³/mol. The quantitative estimate of drug-likeness (QED) is 0.683. The van der Waals surface area contributed by atoms with Crippen LogP contribution in [0.2, 0.25) is 0 Å². The van der Waals surface area contributed by atoms with E-state index in [0.717, 1.165) is 5.69 Å². The van der Waals surface area contributed by atoms with Gasteiger partial charge < -0.3 is 10.0 Å². The van der Waals surface area contributed by atoms with Crippen LogP contribution in [0, 0.1) is 0 Å². The molecular weight excluding hydrogens is 262 g/mol. The van der Waals surface area contributed by atoms with Gasteiger partial charge in [-0.2, -0.15) is 0 Å². The van der Waals surface area contributed by atoms with Crippen LogP contribution in [0.4, 0.5) is 5.69 Å². The van der Waals surface area contributed by atoms with E-state index in [9.17, 15) is 4.79 Å². The van der Waals surface area contributed by atoms with Gasteiger partial charge in [-0.25, -0.2) is 0 Å². The average Bonchev–Trinajstić information content (AvgIpc) is 2.45. The van der Waals surface area contributed by atoms with E-state index in [4.69, 9.17) is 5.11 Å². The number of carboxylic acid groups (broad SMARTS) is 1. The molecular formula is C18H29NO2. The van der Waals surface area contributed by atoms with E-state index in [0.29, 0.717) is 6.54 Å². The van der Waals surface area contributed by atoms with Crippen molar-refractivity contribution in [3.8, 4) is 0 Å². The molecule has 0 radical (unpaired) electrons. The van der Waals surface area contributed by atoms with Gasteiger partial charge in [-0.15, -0.1) is 0 Å². The summed E-state index contributed by atoms with van der Waals surface area (Å²) >= 11 is 0. The Kier molecular flexibility index (Phi) is 6.73. The molecule has 0 saturated carbocycles. The van der Waals surface area contributed by atoms with Crippen LogP contribution in [-0.2, 0) is 10.2 Å². The van der Waals surface area contributed by atoms with E-state index >= 15 is 0 Å². The van der Waals surface area contributed by atoms with Crippen molar-refractivity contribution in [2.24, 2.45) is 0 Å². The second-order valence-corrected chi connectivity index (χ2v) is 6.45. The molecule has 0 aliphatic rings. The Morgan fingerprint density at radius 3 is 2.33 bits per heavy atom. The molecule has 0 aliphatic carbocycles. The lowest BCUT2D eigenvalue weighted by Crippen LogP contribution is -2.21. The predicted octanol–water partition coefficient (Wildman–Crippen LogP) is 4.46. The van der Waals surface area contributed by atoms with Gasteiger partial charge in [-0.3, -0.25) is 4.79 Å². The Balaban J connectivity index is 2.65. The van der Waals surface area contributed by atoms with Crippen molar-refractivity contribution < 1.29 is 9.90 Å². The lowest BCUT2D eigenvalue weighted by molar-refractivity contribution is -0.136. The number of carbonyl (C=O) groups is 1. The fourth-order valence-corrected chi connectivity index (χ4v) is 2.52. The van der Waals surface area contributed by atoms with Gasteiger partial charge in [0, 0.05) is 19.3 Å². The molecule has 0 aliphatic heterocycles. The summed E-state index contributed by atoms with van der Waals surface area (Å²) in [5.74, 6) is -0.754. The van der Waals surface area contributed by atoms with E-state index in [1.54, 1.807) is 0 Å². The minimum atomic E-state index is -0.754. The summed E-state index contributed by atoms with van der Waals surface area (Å²) < 4.78 is 0. The van der Waals surface area contributed by atoms with E-state index < -0.39 is 5.97 Å². The lowest BCUT2D eigenvalue weighted by Gasteiger charge is -2.26. The third-order valence-electron chi connectivity index (χ3n) is 4.16. The Hall–Kier alpha value is -1.51. The number of carboxylic acids is 1. The molecule has 0 unspecified atom stereocenters. The highest BCUT2D eigenvalue weighted by atomic mass is 16.4. The summed E-state index contributed by atoms with van der Waals surface area (Å²) in [6.07, 6.45) is 5.18. The van der Waals surface area contributed by atoms with E-state index in [-0.39, 0.29) is 11.8 Å². The maximum atomic E-state index is 10.6. The summed E-state index contributed by atoms with van der Waals surface area (Å²) in [7, 11) is 1.93. The molecule has 0 atom stereocenters. The van der Waals surface area contributed by atoms with Gasteiger partial charge in [-0.05, 0) is 29.5 Å². The van der Waals surface area contributed by atoms with Crippen LogP contribution in [0.3, 0.4) is 0 Å². The first-order valence-electron chi connectivity index (χ1n) is 7.90. The maximum Gasteiger partial charge on any atom is 0.305 e. The second kappa shape index (κ2) is 8.06. The SMILES string of the molecule is CCCCCC(C)(C)c1ccc(N(C)CCC(=O)O)cc1. The van der Waals surface area contributed by atoms with Crippen LogP contribution < -0.4 is 4.90 Å². The van der Waals surface area contributed by atoms with Gasteiger partial charge in [0.05, 0.1) is 6.42 Å². The molecule has 1 N–H and O–H groups in total. The Morgan fingerprint density at radius 2 is 1.81 bits per heavy atom. The monoisotopic (exact) mass is 291 g/mol. The minimum Gasteiger partial charge on any atom is -0.481 e. The zero-order valence-corrected chi connectivity index (χ0v) is 13.9. The largest absolute Gasteiger partial charge is 0.481 e. The number of nitrogens with zero attached hydrogens (tertiary/aromatic N) is 1. The number of anilines is 1. The topological polar surface area (TPSA) is 40.5 Å². The summed E-state index contributed by atoms with van der Waals surface area (Å²) in [6.45, 7) is 7.36. The lowest BCUT2D eigenvalue weighted by atomic mass is 9.80. The normalized spacial score (nSPS) is 11.4. The van der Waals surface area contributed by atoms with Crippen LogP contribution >= 0.6 is 0 Å². The van der Waals surface area contributed by atoms with Crippen molar-refractivity contribution in [1.82, 2.24) is 0 Å². The zero-order chi connectivity index (χ0) is 15.9. The highest BCUT2D eigenvalue weighted by molar-refractivity contribution is 5.67. The summed E-state index contributed by atoms with van der Waals surface area (Å²) in [5.41, 5.74) is 2.63. The van der Waals surface area contributed by atoms with E-state index in [2.05, 4.69) is 45.0 Å². The first kappa shape index (κ1) is 17.5. The van der Waals surface area contributed by atoms with Crippen molar-refractivity contribution in [2.75, 3.05) is 18.5 Å². The molecule has 21 heavy (non-hydrogen) atoms. The molecule has 0 amide bonds. The van der Waals surface area contributed by atoms with Crippen LogP contribution in [0.5, 0.6) is 0 Å². The molecule has 0 aromatic heterocycles. The van der Waals surface area contributed by atoms with Gasteiger partial charge >= 0.3 is 5.97 Å². The van der Waals surface area contributed by atoms with Crippen molar-refractivity contribution in [3.05, 3.63) is 29.8 Å². The zero-order valence-electron chi connectivity index (χ0n) is 13.9. The molecule has 1 rings (SSSR count). The van der Waals surface area contributed by atoms with Crippen molar-refractivity contribution in [3.63, 3.8) is 0 Å². The summed E-state index contributed by atoms with van der Waals surface area (Å²) in [6, 6.07) is 8.55. The van der Waals surface area contributed by atoms with Crippen LogP contribution in [0.1, 0.15) is 58.4 Å². The van der Waals surface area contributed by atoms with Crippen molar-refractivity contribution >= 4 is 11.7 Å². The van der Waals surface area contributed by atoms with Crippen LogP contribution in [-0.4, -0.2) is 24.7 Å². The molecule has 1 aromatic rings. The molecule has 118 valence electrons. The highest BCUT2D eigenvalue weighted by Gasteiger charge is 2.19. The second-order valence-electron chi connectivity index (χ2n) is 6.45. The van der Waals surface area contributed by atoms with E-state index in [1.165, 1.54) is 31.2 Å². The molecule has 3 nitrogen and oxygen atoms in total. The van der Waals surface area contributed by atoms with E-state index in [1.807, 2.05) is 11.9 Å². The Labute approximate surface area is 129 Å². The van der Waals surface area contributed by atoms with Gasteiger partial charge in [-0.1, -0.05) is 52.2 Å². The van der Waals surface area contributed by atoms with Crippen molar-refractivity contribution in [2.45, 2.75) is 58.3 Å². The van der Waals surface area contributed by atoms with Crippen molar-refractivity contribution in [1.29, 1.82) is 0 Å². The van der Waals surface area contributed by atoms with Crippen LogP contribution in [0.25, 0.3) is 0 Å². The summed E-state index contributed by atoms with van der Waals surface area (Å²) in [5, 5.41) is 8.74. The van der Waals surface area contributed by atoms with Crippen LogP contribution in [0.15, 0.2) is 24.3 Å². The smallest absolute Gasteiger partial charge is 0.305 e. The molecule has 0 heterocycles. The maximum absolute atomic E-state index is 10.6. The number of hydrogen-bond acceptors (Lipinski definition) is 2. The Bertz CT molecular complexity index is 437. The Morgan fingerprint density at radius 1 is 1.19 bits per heavy atom. The van der Waals surface area contributed by atoms with Gasteiger partial charge in [0.1, 0.15) is 0 Å². The number of hydrogen-bond donors (Lipinski definition) is 1. The summed E-state index contributed by atoms with van der Waals surface area (Å²) in [4.78, 5) is 12.6. The molecule has 0 bridgehead atoms. The van der Waals surface area contributed by atoms with Gasteiger partial charge in [0.2, 0.25) is 0 Å². The van der Waals surface area contributed by atoms with Gasteiger partial charge in [0.25, 0.3) is 0 Å². The molecule has 0 saturated heterocycles. The molecule has 0 spiro atoms. The fourth-order valence-electron chi connectivity index (χ4n) is 2.52. The fraction of sp³-hybridized carbons (Fsp3) is 0.611. The minimum absolute atomic E-state index is 0.167. The van der Waals surface area contributed by atoms with Gasteiger partial charge in [0.15, 0.2) is 0 Å². The first-order chi connectivity index (χ1) is 9.86. The molecule has 3 heteroatoms. The molecule has 1 aromatic carbocycles. The molecule has 0 fully saturated rings. The third-order valence-corrected chi connectivity index (χ3v) is 4.16. The highest BCUT2D eigenvalue weighted by Crippen LogP contribution is 2.30. The average molecular weight is 291 g/mol.